The van der Waals surface area contributed by atoms with Gasteiger partial charge in [-0.05, 0) is 34.2 Å². The number of ether oxygens (including phenoxy) is 1. The third-order valence-corrected chi connectivity index (χ3v) is 9.17. The van der Waals surface area contributed by atoms with Crippen LogP contribution in [0.3, 0.4) is 0 Å². The van der Waals surface area contributed by atoms with Crippen molar-refractivity contribution in [2.45, 2.75) is 57.6 Å². The van der Waals surface area contributed by atoms with E-state index in [4.69, 9.17) is 9.72 Å². The average Bonchev–Trinajstić information content (AvgIpc) is 3.37. The predicted octanol–water partition coefficient (Wildman–Crippen LogP) is 7.94. The Hall–Kier alpha value is -3.31. The molecule has 4 aromatic rings. The van der Waals surface area contributed by atoms with Gasteiger partial charge in [0.25, 0.3) is 0 Å². The highest BCUT2D eigenvalue weighted by Crippen LogP contribution is 2.42. The Labute approximate surface area is 230 Å². The summed E-state index contributed by atoms with van der Waals surface area (Å²) in [7, 11) is 0. The zero-order valence-corrected chi connectivity index (χ0v) is 23.5. The summed E-state index contributed by atoms with van der Waals surface area (Å²) in [5.74, 6) is 1.02. The van der Waals surface area contributed by atoms with E-state index in [1.165, 1.54) is 27.3 Å². The van der Waals surface area contributed by atoms with Crippen molar-refractivity contribution >= 4 is 22.2 Å². The molecule has 0 N–H and O–H groups in total. The fourth-order valence-corrected chi connectivity index (χ4v) is 6.62. The Morgan fingerprint density at radius 3 is 2.26 bits per heavy atom. The third-order valence-electron chi connectivity index (χ3n) is 8.06. The minimum absolute atomic E-state index is 0.128. The van der Waals surface area contributed by atoms with Crippen LogP contribution in [0.4, 0.5) is 10.8 Å². The topological polar surface area (TPSA) is 28.6 Å². The molecular formula is C33H37N3OS. The van der Waals surface area contributed by atoms with Gasteiger partial charge in [0.15, 0.2) is 5.13 Å². The second-order valence-electron chi connectivity index (χ2n) is 11.7. The number of fused-ring (bicyclic) bond motifs is 1. The van der Waals surface area contributed by atoms with Gasteiger partial charge in [0.05, 0.1) is 10.6 Å². The van der Waals surface area contributed by atoms with Crippen LogP contribution in [0.2, 0.25) is 0 Å². The van der Waals surface area contributed by atoms with Gasteiger partial charge in [0.2, 0.25) is 0 Å². The highest BCUT2D eigenvalue weighted by molar-refractivity contribution is 7.18. The van der Waals surface area contributed by atoms with Gasteiger partial charge in [-0.1, -0.05) is 98.8 Å². The fourth-order valence-electron chi connectivity index (χ4n) is 5.65. The molecule has 4 nitrogen and oxygen atoms in total. The standard InChI is InChI=1S/C33H37N3OS/c1-32(2,3)27-15-13-25(14-16-27)24-36-22-19-33(37-29-12-8-7-11-28(29)36)17-20-35(21-18-33)31-34-23-30(38-31)26-9-5-4-6-10-26/h4-16,23H,17-22,24H2,1-3H3. The van der Waals surface area contributed by atoms with Crippen molar-refractivity contribution in [3.05, 3.63) is 96.2 Å². The quantitative estimate of drug-likeness (QED) is 0.271. The van der Waals surface area contributed by atoms with E-state index in [-0.39, 0.29) is 11.0 Å². The van der Waals surface area contributed by atoms with Gasteiger partial charge in [-0.15, -0.1) is 0 Å². The van der Waals surface area contributed by atoms with E-state index in [9.17, 15) is 0 Å². The molecule has 3 aromatic carbocycles. The van der Waals surface area contributed by atoms with E-state index in [1.807, 2.05) is 6.20 Å². The van der Waals surface area contributed by atoms with Crippen molar-refractivity contribution in [1.29, 1.82) is 0 Å². The Kier molecular flexibility index (Phi) is 6.65. The molecule has 1 aromatic heterocycles. The molecule has 6 rings (SSSR count). The molecule has 0 aliphatic carbocycles. The van der Waals surface area contributed by atoms with E-state index < -0.39 is 0 Å². The number of aromatic nitrogens is 1. The Balaban J connectivity index is 1.16. The molecule has 0 saturated carbocycles. The summed E-state index contributed by atoms with van der Waals surface area (Å²) in [5, 5.41) is 1.12. The van der Waals surface area contributed by atoms with Crippen LogP contribution in [0.1, 0.15) is 51.2 Å². The Morgan fingerprint density at radius 2 is 1.53 bits per heavy atom. The van der Waals surface area contributed by atoms with Crippen molar-refractivity contribution < 1.29 is 4.74 Å². The van der Waals surface area contributed by atoms with Gasteiger partial charge in [0.1, 0.15) is 11.4 Å². The van der Waals surface area contributed by atoms with Crippen molar-refractivity contribution in [2.24, 2.45) is 0 Å². The smallest absolute Gasteiger partial charge is 0.185 e. The van der Waals surface area contributed by atoms with E-state index in [0.717, 1.165) is 56.3 Å². The lowest BCUT2D eigenvalue weighted by molar-refractivity contribution is 0.0411. The van der Waals surface area contributed by atoms with Crippen LogP contribution < -0.4 is 14.5 Å². The molecule has 0 bridgehead atoms. The molecule has 196 valence electrons. The Morgan fingerprint density at radius 1 is 0.842 bits per heavy atom. The van der Waals surface area contributed by atoms with E-state index in [0.29, 0.717) is 0 Å². The minimum Gasteiger partial charge on any atom is -0.485 e. The van der Waals surface area contributed by atoms with Gasteiger partial charge in [0, 0.05) is 51.6 Å². The molecule has 0 unspecified atom stereocenters. The first-order valence-corrected chi connectivity index (χ1v) is 14.6. The van der Waals surface area contributed by atoms with Crippen molar-refractivity contribution in [1.82, 2.24) is 4.98 Å². The maximum Gasteiger partial charge on any atom is 0.185 e. The van der Waals surface area contributed by atoms with Gasteiger partial charge in [-0.25, -0.2) is 4.98 Å². The number of thiazole rings is 1. The molecule has 5 heteroatoms. The molecular weight excluding hydrogens is 486 g/mol. The number of hydrogen-bond donors (Lipinski definition) is 0. The van der Waals surface area contributed by atoms with Gasteiger partial charge in [-0.2, -0.15) is 0 Å². The highest BCUT2D eigenvalue weighted by Gasteiger charge is 2.40. The third kappa shape index (κ3) is 5.17. The first kappa shape index (κ1) is 25.0. The second kappa shape index (κ2) is 10.1. The average molecular weight is 524 g/mol. The predicted molar refractivity (Wildman–Crippen MR) is 160 cm³/mol. The van der Waals surface area contributed by atoms with Crippen LogP contribution in [-0.4, -0.2) is 30.2 Å². The first-order chi connectivity index (χ1) is 18.4. The van der Waals surface area contributed by atoms with Crippen molar-refractivity contribution in [2.75, 3.05) is 29.4 Å². The minimum atomic E-state index is -0.128. The zero-order chi connectivity index (χ0) is 26.2. The number of para-hydroxylation sites is 2. The fraction of sp³-hybridized carbons (Fsp3) is 0.364. The van der Waals surface area contributed by atoms with Crippen molar-refractivity contribution in [3.63, 3.8) is 0 Å². The zero-order valence-electron chi connectivity index (χ0n) is 22.7. The largest absolute Gasteiger partial charge is 0.485 e. The molecule has 2 aliphatic heterocycles. The lowest BCUT2D eigenvalue weighted by Crippen LogP contribution is -2.48. The molecule has 0 radical (unpaired) electrons. The Bertz CT molecular complexity index is 1370. The van der Waals surface area contributed by atoms with Gasteiger partial charge >= 0.3 is 0 Å². The molecule has 1 saturated heterocycles. The molecule has 1 fully saturated rings. The van der Waals surface area contributed by atoms with Crippen molar-refractivity contribution in [3.8, 4) is 16.2 Å². The van der Waals surface area contributed by atoms with E-state index in [2.05, 4.69) is 109 Å². The monoisotopic (exact) mass is 523 g/mol. The lowest BCUT2D eigenvalue weighted by Gasteiger charge is -2.41. The number of nitrogens with zero attached hydrogens (tertiary/aromatic N) is 3. The maximum atomic E-state index is 6.89. The summed E-state index contributed by atoms with van der Waals surface area (Å²) in [5.41, 5.74) is 5.21. The first-order valence-electron chi connectivity index (χ1n) is 13.8. The van der Waals surface area contributed by atoms with Crippen LogP contribution in [0.5, 0.6) is 5.75 Å². The molecule has 38 heavy (non-hydrogen) atoms. The lowest BCUT2D eigenvalue weighted by atomic mass is 9.86. The van der Waals surface area contributed by atoms with Crippen LogP contribution >= 0.6 is 11.3 Å². The highest BCUT2D eigenvalue weighted by atomic mass is 32.1. The maximum absolute atomic E-state index is 6.89. The molecule has 3 heterocycles. The summed E-state index contributed by atoms with van der Waals surface area (Å²) in [6.07, 6.45) is 5.07. The number of anilines is 2. The molecule has 2 aliphatic rings. The van der Waals surface area contributed by atoms with Crippen LogP contribution in [-0.2, 0) is 12.0 Å². The number of benzene rings is 3. The normalized spacial score (nSPS) is 17.1. The summed E-state index contributed by atoms with van der Waals surface area (Å²) < 4.78 is 6.89. The van der Waals surface area contributed by atoms with Crippen LogP contribution in [0, 0.1) is 0 Å². The van der Waals surface area contributed by atoms with Crippen LogP contribution in [0.25, 0.3) is 10.4 Å². The second-order valence-corrected chi connectivity index (χ2v) is 12.7. The van der Waals surface area contributed by atoms with E-state index >= 15 is 0 Å². The van der Waals surface area contributed by atoms with E-state index in [1.54, 1.807) is 11.3 Å². The number of hydrogen-bond acceptors (Lipinski definition) is 5. The molecule has 0 amide bonds. The summed E-state index contributed by atoms with van der Waals surface area (Å²) in [4.78, 5) is 11.0. The summed E-state index contributed by atoms with van der Waals surface area (Å²) in [6.45, 7) is 10.6. The number of piperidine rings is 1. The van der Waals surface area contributed by atoms with Gasteiger partial charge < -0.3 is 14.5 Å². The van der Waals surface area contributed by atoms with Crippen LogP contribution in [0.15, 0.2) is 85.1 Å². The summed E-state index contributed by atoms with van der Waals surface area (Å²) in [6, 6.07) is 28.3. The molecule has 1 spiro atoms. The summed E-state index contributed by atoms with van der Waals surface area (Å²) >= 11 is 1.79. The molecule has 0 atom stereocenters. The SMILES string of the molecule is CC(C)(C)c1ccc(CN2CCC3(CCN(c4ncc(-c5ccccc5)s4)CC3)Oc3ccccc32)cc1. The number of rotatable bonds is 4. The van der Waals surface area contributed by atoms with Gasteiger partial charge in [-0.3, -0.25) is 0 Å².